The molecule has 1 aromatic rings. The van der Waals surface area contributed by atoms with Crippen LogP contribution in [0.15, 0.2) is 12.1 Å². The third kappa shape index (κ3) is 3.22. The predicted molar refractivity (Wildman–Crippen MR) is 78.8 cm³/mol. The van der Waals surface area contributed by atoms with Gasteiger partial charge in [-0.3, -0.25) is 10.1 Å². The number of carboxylic acids is 1. The molecule has 1 aliphatic heterocycles. The summed E-state index contributed by atoms with van der Waals surface area (Å²) in [7, 11) is 0. The molecule has 7 heteroatoms. The van der Waals surface area contributed by atoms with Gasteiger partial charge in [0.1, 0.15) is 0 Å². The van der Waals surface area contributed by atoms with Gasteiger partial charge in [-0.2, -0.15) is 11.8 Å². The van der Waals surface area contributed by atoms with E-state index < -0.39 is 10.9 Å². The van der Waals surface area contributed by atoms with Gasteiger partial charge < -0.3 is 10.4 Å². The van der Waals surface area contributed by atoms with E-state index >= 15 is 0 Å². The average Bonchev–Trinajstić information content (AvgIpc) is 2.90. The van der Waals surface area contributed by atoms with E-state index in [-0.39, 0.29) is 11.3 Å². The Hall–Kier alpha value is -1.76. The van der Waals surface area contributed by atoms with E-state index in [1.807, 2.05) is 11.8 Å². The number of rotatable bonds is 5. The highest BCUT2D eigenvalue weighted by Gasteiger charge is 2.20. The lowest BCUT2D eigenvalue weighted by Gasteiger charge is -2.14. The van der Waals surface area contributed by atoms with Crippen molar-refractivity contribution in [1.29, 1.82) is 0 Å². The van der Waals surface area contributed by atoms with Gasteiger partial charge in [-0.25, -0.2) is 4.79 Å². The van der Waals surface area contributed by atoms with Gasteiger partial charge in [0.2, 0.25) is 0 Å². The molecule has 2 N–H and O–H groups in total. The topological polar surface area (TPSA) is 92.5 Å². The van der Waals surface area contributed by atoms with Crippen LogP contribution in [0.25, 0.3) is 0 Å². The highest BCUT2D eigenvalue weighted by molar-refractivity contribution is 8.00. The largest absolute Gasteiger partial charge is 0.478 e. The summed E-state index contributed by atoms with van der Waals surface area (Å²) < 4.78 is 0. The molecule has 1 atom stereocenters. The number of nitro groups is 1. The molecule has 0 aromatic heterocycles. The molecule has 1 saturated heterocycles. The number of nitrogens with one attached hydrogen (secondary N) is 1. The number of nitro benzene ring substituents is 1. The summed E-state index contributed by atoms with van der Waals surface area (Å²) >= 11 is 1.88. The quantitative estimate of drug-likeness (QED) is 0.641. The number of hydrogen-bond donors (Lipinski definition) is 2. The van der Waals surface area contributed by atoms with Crippen molar-refractivity contribution in [2.75, 3.05) is 17.6 Å². The molecule has 0 radical (unpaired) electrons. The summed E-state index contributed by atoms with van der Waals surface area (Å²) in [5.74, 6) is -0.0212. The molecule has 20 heavy (non-hydrogen) atoms. The predicted octanol–water partition coefficient (Wildman–Crippen LogP) is 2.91. The molecule has 2 rings (SSSR count). The maximum absolute atomic E-state index is 11.0. The smallest absolute Gasteiger partial charge is 0.336 e. The van der Waals surface area contributed by atoms with Gasteiger partial charge in [0.15, 0.2) is 0 Å². The van der Waals surface area contributed by atoms with Crippen molar-refractivity contribution in [2.45, 2.75) is 25.0 Å². The first kappa shape index (κ1) is 14.6. The lowest BCUT2D eigenvalue weighted by Crippen LogP contribution is -2.15. The molecule has 6 nitrogen and oxygen atoms in total. The van der Waals surface area contributed by atoms with Crippen LogP contribution >= 0.6 is 11.8 Å². The number of nitrogens with zero attached hydrogens (tertiary/aromatic N) is 1. The maximum Gasteiger partial charge on any atom is 0.336 e. The Morgan fingerprint density at radius 3 is 2.90 bits per heavy atom. The number of benzene rings is 1. The highest BCUT2D eigenvalue weighted by Crippen LogP contribution is 2.30. The van der Waals surface area contributed by atoms with Crippen LogP contribution in [0.5, 0.6) is 0 Å². The fraction of sp³-hybridized carbons (Fsp3) is 0.462. The van der Waals surface area contributed by atoms with Crippen LogP contribution in [0.2, 0.25) is 0 Å². The van der Waals surface area contributed by atoms with Crippen LogP contribution < -0.4 is 5.32 Å². The molecule has 108 valence electrons. The second-order valence-electron chi connectivity index (χ2n) is 4.75. The number of carbonyl (C=O) groups is 1. The second kappa shape index (κ2) is 6.13. The van der Waals surface area contributed by atoms with Gasteiger partial charge in [-0.15, -0.1) is 0 Å². The Kier molecular flexibility index (Phi) is 4.49. The Labute approximate surface area is 120 Å². The Bertz CT molecular complexity index is 541. The fourth-order valence-corrected chi connectivity index (χ4v) is 3.43. The maximum atomic E-state index is 11.0. The third-order valence-corrected chi connectivity index (χ3v) is 4.77. The summed E-state index contributed by atoms with van der Waals surface area (Å²) in [6.45, 7) is 2.33. The van der Waals surface area contributed by atoms with Crippen LogP contribution in [-0.4, -0.2) is 33.5 Å². The molecule has 0 bridgehead atoms. The first-order valence-corrected chi connectivity index (χ1v) is 7.41. The number of hydrogen-bond acceptors (Lipinski definition) is 5. The van der Waals surface area contributed by atoms with E-state index in [4.69, 9.17) is 5.11 Å². The number of anilines is 1. The van der Waals surface area contributed by atoms with Gasteiger partial charge in [-0.05, 0) is 31.6 Å². The van der Waals surface area contributed by atoms with Crippen molar-refractivity contribution in [3.8, 4) is 0 Å². The van der Waals surface area contributed by atoms with Gasteiger partial charge in [0.05, 0.1) is 10.5 Å². The third-order valence-electron chi connectivity index (χ3n) is 3.37. The molecule has 1 unspecified atom stereocenters. The molecule has 1 aliphatic rings. The minimum atomic E-state index is -1.16. The SMILES string of the molecule is Cc1c(NCC2CCCS2)cc(C(=O)O)cc1[N+](=O)[O-]. The molecular weight excluding hydrogens is 280 g/mol. The van der Waals surface area contributed by atoms with E-state index in [1.54, 1.807) is 6.92 Å². The van der Waals surface area contributed by atoms with E-state index in [2.05, 4.69) is 5.32 Å². The van der Waals surface area contributed by atoms with E-state index in [9.17, 15) is 14.9 Å². The van der Waals surface area contributed by atoms with Crippen LogP contribution in [0.1, 0.15) is 28.8 Å². The van der Waals surface area contributed by atoms with Crippen LogP contribution in [-0.2, 0) is 0 Å². The lowest BCUT2D eigenvalue weighted by molar-refractivity contribution is -0.385. The Morgan fingerprint density at radius 2 is 2.35 bits per heavy atom. The van der Waals surface area contributed by atoms with Crippen molar-refractivity contribution < 1.29 is 14.8 Å². The first-order valence-electron chi connectivity index (χ1n) is 6.37. The van der Waals surface area contributed by atoms with E-state index in [1.165, 1.54) is 12.5 Å². The van der Waals surface area contributed by atoms with Gasteiger partial charge >= 0.3 is 5.97 Å². The van der Waals surface area contributed by atoms with Crippen molar-refractivity contribution in [3.05, 3.63) is 33.4 Å². The van der Waals surface area contributed by atoms with Crippen LogP contribution in [0, 0.1) is 17.0 Å². The molecule has 0 saturated carbocycles. The fourth-order valence-electron chi connectivity index (χ4n) is 2.22. The number of aromatic carboxylic acids is 1. The van der Waals surface area contributed by atoms with Gasteiger partial charge in [-0.1, -0.05) is 0 Å². The van der Waals surface area contributed by atoms with Crippen molar-refractivity contribution >= 4 is 29.1 Å². The monoisotopic (exact) mass is 296 g/mol. The second-order valence-corrected chi connectivity index (χ2v) is 6.15. The first-order chi connectivity index (χ1) is 9.49. The standard InChI is InChI=1S/C13H16N2O4S/c1-8-11(14-7-10-3-2-4-20-10)5-9(13(16)17)6-12(8)15(18)19/h5-6,10,14H,2-4,7H2,1H3,(H,16,17). The summed E-state index contributed by atoms with van der Waals surface area (Å²) in [4.78, 5) is 21.5. The Balaban J connectivity index is 2.25. The zero-order valence-electron chi connectivity index (χ0n) is 11.1. The van der Waals surface area contributed by atoms with E-state index in [0.29, 0.717) is 23.0 Å². The molecule has 0 aliphatic carbocycles. The molecule has 1 aromatic carbocycles. The van der Waals surface area contributed by atoms with Crippen LogP contribution in [0.3, 0.4) is 0 Å². The summed E-state index contributed by atoms with van der Waals surface area (Å²) in [5, 5.41) is 23.7. The summed E-state index contributed by atoms with van der Waals surface area (Å²) in [6.07, 6.45) is 2.31. The highest BCUT2D eigenvalue weighted by atomic mass is 32.2. The molecular formula is C13H16N2O4S. The summed E-state index contributed by atoms with van der Waals surface area (Å²) in [6, 6.07) is 2.57. The lowest BCUT2D eigenvalue weighted by atomic mass is 10.1. The average molecular weight is 296 g/mol. The molecule has 1 fully saturated rings. The van der Waals surface area contributed by atoms with Gasteiger partial charge in [0.25, 0.3) is 5.69 Å². The van der Waals surface area contributed by atoms with Crippen LogP contribution in [0.4, 0.5) is 11.4 Å². The Morgan fingerprint density at radius 1 is 1.60 bits per heavy atom. The van der Waals surface area contributed by atoms with Crippen molar-refractivity contribution in [3.63, 3.8) is 0 Å². The molecule has 0 spiro atoms. The van der Waals surface area contributed by atoms with E-state index in [0.717, 1.165) is 18.2 Å². The molecule has 0 amide bonds. The zero-order chi connectivity index (χ0) is 14.7. The minimum absolute atomic E-state index is 0.0659. The summed E-state index contributed by atoms with van der Waals surface area (Å²) in [5.41, 5.74) is 0.780. The number of thioether (sulfide) groups is 1. The number of carboxylic acid groups (broad SMARTS) is 1. The normalized spacial score (nSPS) is 17.9. The van der Waals surface area contributed by atoms with Crippen molar-refractivity contribution in [1.82, 2.24) is 0 Å². The molecule has 1 heterocycles. The van der Waals surface area contributed by atoms with Crippen molar-refractivity contribution in [2.24, 2.45) is 0 Å². The van der Waals surface area contributed by atoms with Gasteiger partial charge in [0, 0.05) is 29.1 Å². The zero-order valence-corrected chi connectivity index (χ0v) is 11.9. The minimum Gasteiger partial charge on any atom is -0.478 e.